The van der Waals surface area contributed by atoms with Crippen LogP contribution in [0.25, 0.3) is 0 Å². The van der Waals surface area contributed by atoms with Crippen LogP contribution in [-0.4, -0.2) is 57.9 Å². The molecule has 2 aliphatic rings. The third-order valence-electron chi connectivity index (χ3n) is 4.92. The second-order valence-corrected chi connectivity index (χ2v) is 6.70. The van der Waals surface area contributed by atoms with Crippen LogP contribution in [0, 0.1) is 0 Å². The molecule has 2 fully saturated rings. The van der Waals surface area contributed by atoms with Gasteiger partial charge in [0.2, 0.25) is 17.7 Å². The molecule has 0 aromatic carbocycles. The Morgan fingerprint density at radius 2 is 2.12 bits per heavy atom. The molecule has 3 heterocycles. The molecule has 1 aromatic rings. The first-order valence-corrected chi connectivity index (χ1v) is 9.05. The first-order chi connectivity index (χ1) is 11.7. The predicted octanol–water partition coefficient (Wildman–Crippen LogP) is 1.74. The minimum atomic E-state index is 0.0363. The summed E-state index contributed by atoms with van der Waals surface area (Å²) in [6.07, 6.45) is 6.18. The number of piperidine rings is 1. The quantitative estimate of drug-likeness (QED) is 0.838. The van der Waals surface area contributed by atoms with Gasteiger partial charge in [0.05, 0.1) is 6.54 Å². The van der Waals surface area contributed by atoms with Gasteiger partial charge in [-0.2, -0.15) is 4.98 Å². The van der Waals surface area contributed by atoms with E-state index in [2.05, 4.69) is 10.1 Å². The second kappa shape index (κ2) is 7.77. The van der Waals surface area contributed by atoms with Gasteiger partial charge in [0.1, 0.15) is 0 Å². The van der Waals surface area contributed by atoms with Crippen molar-refractivity contribution in [2.45, 2.75) is 57.8 Å². The summed E-state index contributed by atoms with van der Waals surface area (Å²) < 4.78 is 5.19. The Hall–Kier alpha value is -1.92. The number of nitrogens with zero attached hydrogens (tertiary/aromatic N) is 4. The van der Waals surface area contributed by atoms with Crippen molar-refractivity contribution in [2.24, 2.45) is 0 Å². The Bertz CT molecular complexity index is 586. The third kappa shape index (κ3) is 3.94. The molecule has 1 aromatic heterocycles. The minimum Gasteiger partial charge on any atom is -0.340 e. The Morgan fingerprint density at radius 3 is 2.92 bits per heavy atom. The van der Waals surface area contributed by atoms with Crippen LogP contribution < -0.4 is 0 Å². The highest BCUT2D eigenvalue weighted by molar-refractivity contribution is 5.85. The van der Waals surface area contributed by atoms with Gasteiger partial charge in [0.25, 0.3) is 0 Å². The van der Waals surface area contributed by atoms with Gasteiger partial charge in [0, 0.05) is 38.4 Å². The Balaban J connectivity index is 1.59. The summed E-state index contributed by atoms with van der Waals surface area (Å²) >= 11 is 0. The molecule has 0 unspecified atom stereocenters. The molecule has 132 valence electrons. The van der Waals surface area contributed by atoms with Crippen LogP contribution in [0.4, 0.5) is 0 Å². The summed E-state index contributed by atoms with van der Waals surface area (Å²) in [6, 6.07) is 0. The summed E-state index contributed by atoms with van der Waals surface area (Å²) in [5.41, 5.74) is 0. The molecule has 2 aliphatic heterocycles. The summed E-state index contributed by atoms with van der Waals surface area (Å²) in [5, 5.41) is 4.06. The molecular weight excluding hydrogens is 308 g/mol. The Kier molecular flexibility index (Phi) is 5.48. The number of carbonyl (C=O) groups excluding carboxylic acids is 2. The number of hydrogen-bond acceptors (Lipinski definition) is 5. The highest BCUT2D eigenvalue weighted by atomic mass is 16.5. The van der Waals surface area contributed by atoms with E-state index >= 15 is 0 Å². The van der Waals surface area contributed by atoms with Crippen molar-refractivity contribution in [3.8, 4) is 0 Å². The molecule has 2 amide bonds. The molecular formula is C17H26N4O3. The van der Waals surface area contributed by atoms with Crippen LogP contribution in [0.3, 0.4) is 0 Å². The number of hydrogen-bond donors (Lipinski definition) is 0. The molecule has 0 bridgehead atoms. The van der Waals surface area contributed by atoms with Gasteiger partial charge in [-0.05, 0) is 25.7 Å². The number of aromatic nitrogens is 2. The van der Waals surface area contributed by atoms with Gasteiger partial charge in [-0.1, -0.05) is 18.5 Å². The maximum Gasteiger partial charge on any atom is 0.242 e. The van der Waals surface area contributed by atoms with E-state index in [4.69, 9.17) is 4.52 Å². The summed E-state index contributed by atoms with van der Waals surface area (Å²) in [4.78, 5) is 32.7. The molecule has 24 heavy (non-hydrogen) atoms. The molecule has 0 N–H and O–H groups in total. The molecule has 3 rings (SSSR count). The normalized spacial score (nSPS) is 22.5. The van der Waals surface area contributed by atoms with Crippen LogP contribution in [0.2, 0.25) is 0 Å². The molecule has 0 saturated carbocycles. The van der Waals surface area contributed by atoms with E-state index in [9.17, 15) is 9.59 Å². The zero-order valence-electron chi connectivity index (χ0n) is 14.4. The maximum atomic E-state index is 12.6. The molecule has 0 radical (unpaired) electrons. The van der Waals surface area contributed by atoms with Gasteiger partial charge < -0.3 is 14.3 Å². The SMILES string of the molecule is CCc1nc([C@H]2CCCN(C(=O)CN3CCCCCC3=O)C2)no1. The topological polar surface area (TPSA) is 79.5 Å². The van der Waals surface area contributed by atoms with Gasteiger partial charge in [-0.25, -0.2) is 0 Å². The van der Waals surface area contributed by atoms with E-state index in [0.29, 0.717) is 31.2 Å². The van der Waals surface area contributed by atoms with E-state index in [1.807, 2.05) is 11.8 Å². The number of aryl methyl sites for hydroxylation is 1. The fourth-order valence-electron chi connectivity index (χ4n) is 3.46. The van der Waals surface area contributed by atoms with E-state index < -0.39 is 0 Å². The van der Waals surface area contributed by atoms with Gasteiger partial charge in [-0.15, -0.1) is 0 Å². The average molecular weight is 334 g/mol. The van der Waals surface area contributed by atoms with Crippen molar-refractivity contribution in [1.82, 2.24) is 19.9 Å². The van der Waals surface area contributed by atoms with Gasteiger partial charge in [0.15, 0.2) is 5.82 Å². The fraction of sp³-hybridized carbons (Fsp3) is 0.765. The van der Waals surface area contributed by atoms with E-state index in [0.717, 1.165) is 45.1 Å². The average Bonchev–Trinajstić information content (AvgIpc) is 3.00. The van der Waals surface area contributed by atoms with Crippen LogP contribution in [0.5, 0.6) is 0 Å². The lowest BCUT2D eigenvalue weighted by Gasteiger charge is -2.33. The zero-order chi connectivity index (χ0) is 16.9. The first kappa shape index (κ1) is 16.9. The van der Waals surface area contributed by atoms with E-state index in [1.54, 1.807) is 4.90 Å². The van der Waals surface area contributed by atoms with Crippen molar-refractivity contribution < 1.29 is 14.1 Å². The molecule has 7 nitrogen and oxygen atoms in total. The number of likely N-dealkylation sites (tertiary alicyclic amines) is 2. The molecule has 7 heteroatoms. The van der Waals surface area contributed by atoms with E-state index in [1.165, 1.54) is 0 Å². The monoisotopic (exact) mass is 334 g/mol. The van der Waals surface area contributed by atoms with Crippen molar-refractivity contribution in [1.29, 1.82) is 0 Å². The zero-order valence-corrected chi connectivity index (χ0v) is 14.4. The van der Waals surface area contributed by atoms with Crippen molar-refractivity contribution in [2.75, 3.05) is 26.2 Å². The lowest BCUT2D eigenvalue weighted by atomic mass is 9.97. The standard InChI is InChI=1S/C17H26N4O3/c1-2-14-18-17(19-24-14)13-7-6-10-20(11-13)16(23)12-21-9-5-3-4-8-15(21)22/h13H,2-12H2,1H3/t13-/m0/s1. The summed E-state index contributed by atoms with van der Waals surface area (Å²) in [6.45, 7) is 4.25. The number of amides is 2. The summed E-state index contributed by atoms with van der Waals surface area (Å²) in [7, 11) is 0. The number of rotatable bonds is 4. The Morgan fingerprint density at radius 1 is 1.25 bits per heavy atom. The molecule has 0 aliphatic carbocycles. The first-order valence-electron chi connectivity index (χ1n) is 9.05. The summed E-state index contributed by atoms with van der Waals surface area (Å²) in [5.74, 6) is 1.62. The second-order valence-electron chi connectivity index (χ2n) is 6.70. The maximum absolute atomic E-state index is 12.6. The van der Waals surface area contributed by atoms with Gasteiger partial charge >= 0.3 is 0 Å². The van der Waals surface area contributed by atoms with Crippen molar-refractivity contribution >= 4 is 11.8 Å². The van der Waals surface area contributed by atoms with Crippen LogP contribution in [0.15, 0.2) is 4.52 Å². The fourth-order valence-corrected chi connectivity index (χ4v) is 3.46. The van der Waals surface area contributed by atoms with E-state index in [-0.39, 0.29) is 24.3 Å². The molecule has 1 atom stereocenters. The predicted molar refractivity (Wildman–Crippen MR) is 87.3 cm³/mol. The highest BCUT2D eigenvalue weighted by Gasteiger charge is 2.29. The number of carbonyl (C=O) groups is 2. The van der Waals surface area contributed by atoms with Crippen molar-refractivity contribution in [3.63, 3.8) is 0 Å². The third-order valence-corrected chi connectivity index (χ3v) is 4.92. The lowest BCUT2D eigenvalue weighted by Crippen LogP contribution is -2.46. The smallest absolute Gasteiger partial charge is 0.242 e. The minimum absolute atomic E-state index is 0.0363. The highest BCUT2D eigenvalue weighted by Crippen LogP contribution is 2.25. The van der Waals surface area contributed by atoms with Crippen LogP contribution in [0.1, 0.15) is 63.1 Å². The van der Waals surface area contributed by atoms with Gasteiger partial charge in [-0.3, -0.25) is 9.59 Å². The van der Waals surface area contributed by atoms with Crippen molar-refractivity contribution in [3.05, 3.63) is 11.7 Å². The molecule has 2 saturated heterocycles. The largest absolute Gasteiger partial charge is 0.340 e. The Labute approximate surface area is 142 Å². The van der Waals surface area contributed by atoms with Crippen LogP contribution in [-0.2, 0) is 16.0 Å². The molecule has 0 spiro atoms. The lowest BCUT2D eigenvalue weighted by molar-refractivity contribution is -0.140. The van der Waals surface area contributed by atoms with Crippen LogP contribution >= 0.6 is 0 Å².